The predicted octanol–water partition coefficient (Wildman–Crippen LogP) is 4.27. The number of aromatic nitrogens is 2. The van der Waals surface area contributed by atoms with Crippen molar-refractivity contribution in [1.29, 1.82) is 0 Å². The molecule has 1 unspecified atom stereocenters. The molecule has 4 nitrogen and oxygen atoms in total. The number of nitrogens with zero attached hydrogens (tertiary/aromatic N) is 2. The Morgan fingerprint density at radius 3 is 2.71 bits per heavy atom. The standard InChI is InChI=1S/C19H21ClN2O2/c1-12-4-7-18(13(2)8-12)24-11-19-21-16-6-5-15(20)9-17(16)22(19)10-14(3)23/h4-9,14,23H,10-11H2,1-3H3. The number of rotatable bonds is 5. The molecule has 0 aliphatic heterocycles. The molecule has 1 heterocycles. The zero-order valence-electron chi connectivity index (χ0n) is 14.1. The second-order valence-corrected chi connectivity index (χ2v) is 6.61. The summed E-state index contributed by atoms with van der Waals surface area (Å²) in [6.45, 7) is 6.62. The van der Waals surface area contributed by atoms with Crippen LogP contribution in [0.25, 0.3) is 11.0 Å². The fraction of sp³-hybridized carbons (Fsp3) is 0.316. The smallest absolute Gasteiger partial charge is 0.148 e. The van der Waals surface area contributed by atoms with Crippen molar-refractivity contribution in [2.45, 2.75) is 40.0 Å². The zero-order chi connectivity index (χ0) is 17.3. The van der Waals surface area contributed by atoms with E-state index in [2.05, 4.69) is 18.0 Å². The Labute approximate surface area is 146 Å². The van der Waals surface area contributed by atoms with Crippen LogP contribution in [0.1, 0.15) is 23.9 Å². The van der Waals surface area contributed by atoms with Crippen LogP contribution in [0.5, 0.6) is 5.75 Å². The molecule has 0 amide bonds. The van der Waals surface area contributed by atoms with Crippen LogP contribution < -0.4 is 4.74 Å². The molecule has 0 fully saturated rings. The molecule has 0 aliphatic carbocycles. The number of ether oxygens (including phenoxy) is 1. The van der Waals surface area contributed by atoms with Gasteiger partial charge in [0.15, 0.2) is 0 Å². The maximum absolute atomic E-state index is 9.81. The molecule has 0 saturated carbocycles. The summed E-state index contributed by atoms with van der Waals surface area (Å²) in [7, 11) is 0. The maximum atomic E-state index is 9.81. The summed E-state index contributed by atoms with van der Waals surface area (Å²) in [4.78, 5) is 4.64. The first-order chi connectivity index (χ1) is 11.4. The van der Waals surface area contributed by atoms with Crippen LogP contribution in [0, 0.1) is 13.8 Å². The highest BCUT2D eigenvalue weighted by Gasteiger charge is 2.14. The van der Waals surface area contributed by atoms with Gasteiger partial charge in [-0.3, -0.25) is 0 Å². The summed E-state index contributed by atoms with van der Waals surface area (Å²) >= 11 is 6.11. The van der Waals surface area contributed by atoms with Crippen molar-refractivity contribution in [2.24, 2.45) is 0 Å². The summed E-state index contributed by atoms with van der Waals surface area (Å²) in [5, 5.41) is 10.5. The minimum absolute atomic E-state index is 0.336. The van der Waals surface area contributed by atoms with Crippen LogP contribution in [-0.2, 0) is 13.2 Å². The van der Waals surface area contributed by atoms with Gasteiger partial charge in [0, 0.05) is 5.02 Å². The first-order valence-corrected chi connectivity index (χ1v) is 8.34. The first-order valence-electron chi connectivity index (χ1n) is 7.97. The van der Waals surface area contributed by atoms with Crippen LogP contribution in [0.3, 0.4) is 0 Å². The zero-order valence-corrected chi connectivity index (χ0v) is 14.8. The normalized spacial score (nSPS) is 12.5. The van der Waals surface area contributed by atoms with E-state index in [1.807, 2.05) is 41.8 Å². The number of hydrogen-bond acceptors (Lipinski definition) is 3. The fourth-order valence-corrected chi connectivity index (χ4v) is 2.99. The van der Waals surface area contributed by atoms with E-state index >= 15 is 0 Å². The summed E-state index contributed by atoms with van der Waals surface area (Å²) < 4.78 is 7.93. The van der Waals surface area contributed by atoms with Crippen molar-refractivity contribution in [1.82, 2.24) is 9.55 Å². The minimum Gasteiger partial charge on any atom is -0.485 e. The lowest BCUT2D eigenvalue weighted by Crippen LogP contribution is -2.15. The topological polar surface area (TPSA) is 47.3 Å². The van der Waals surface area contributed by atoms with E-state index in [9.17, 15) is 5.11 Å². The molecule has 24 heavy (non-hydrogen) atoms. The van der Waals surface area contributed by atoms with Gasteiger partial charge in [0.1, 0.15) is 18.2 Å². The molecule has 3 rings (SSSR count). The largest absolute Gasteiger partial charge is 0.485 e. The van der Waals surface area contributed by atoms with Gasteiger partial charge in [-0.1, -0.05) is 29.3 Å². The van der Waals surface area contributed by atoms with Crippen LogP contribution >= 0.6 is 11.6 Å². The van der Waals surface area contributed by atoms with Gasteiger partial charge in [0.2, 0.25) is 0 Å². The van der Waals surface area contributed by atoms with Crippen molar-refractivity contribution in [3.05, 3.63) is 58.4 Å². The van der Waals surface area contributed by atoms with Crippen molar-refractivity contribution in [3.63, 3.8) is 0 Å². The number of aliphatic hydroxyl groups is 1. The molecule has 0 saturated heterocycles. The molecule has 3 aromatic rings. The third-order valence-corrected chi connectivity index (χ3v) is 4.16. The Morgan fingerprint density at radius 2 is 2.00 bits per heavy atom. The molecule has 1 aromatic heterocycles. The van der Waals surface area contributed by atoms with Gasteiger partial charge >= 0.3 is 0 Å². The third-order valence-electron chi connectivity index (χ3n) is 3.92. The highest BCUT2D eigenvalue weighted by Crippen LogP contribution is 2.24. The molecular weight excluding hydrogens is 324 g/mol. The van der Waals surface area contributed by atoms with Gasteiger partial charge in [0.25, 0.3) is 0 Å². The second kappa shape index (κ2) is 6.83. The lowest BCUT2D eigenvalue weighted by Gasteiger charge is -2.13. The minimum atomic E-state index is -0.485. The van der Waals surface area contributed by atoms with E-state index < -0.39 is 6.10 Å². The number of aryl methyl sites for hydroxylation is 2. The molecule has 0 bridgehead atoms. The monoisotopic (exact) mass is 344 g/mol. The number of fused-ring (bicyclic) bond motifs is 1. The Balaban J connectivity index is 1.93. The van der Waals surface area contributed by atoms with Crippen molar-refractivity contribution in [3.8, 4) is 5.75 Å². The maximum Gasteiger partial charge on any atom is 0.148 e. The Kier molecular flexibility index (Phi) is 4.78. The molecule has 126 valence electrons. The lowest BCUT2D eigenvalue weighted by molar-refractivity contribution is 0.171. The SMILES string of the molecule is Cc1ccc(OCc2nc3ccc(Cl)cc3n2CC(C)O)c(C)c1. The van der Waals surface area contributed by atoms with E-state index in [0.717, 1.165) is 28.2 Å². The molecule has 5 heteroatoms. The van der Waals surface area contributed by atoms with Gasteiger partial charge in [-0.2, -0.15) is 0 Å². The van der Waals surface area contributed by atoms with Gasteiger partial charge in [-0.15, -0.1) is 0 Å². The molecular formula is C19H21ClN2O2. The summed E-state index contributed by atoms with van der Waals surface area (Å²) in [5.41, 5.74) is 4.05. The third kappa shape index (κ3) is 3.55. The van der Waals surface area contributed by atoms with Gasteiger partial charge in [-0.25, -0.2) is 4.98 Å². The van der Waals surface area contributed by atoms with E-state index in [1.165, 1.54) is 5.56 Å². The number of aliphatic hydroxyl groups excluding tert-OH is 1. The second-order valence-electron chi connectivity index (χ2n) is 6.18. The van der Waals surface area contributed by atoms with Crippen molar-refractivity contribution in [2.75, 3.05) is 0 Å². The molecule has 2 aromatic carbocycles. The molecule has 1 atom stereocenters. The van der Waals surface area contributed by atoms with Crippen molar-refractivity contribution < 1.29 is 9.84 Å². The summed E-state index contributed by atoms with van der Waals surface area (Å²) in [6.07, 6.45) is -0.485. The van der Waals surface area contributed by atoms with E-state index in [4.69, 9.17) is 16.3 Å². The quantitative estimate of drug-likeness (QED) is 0.752. The number of imidazole rings is 1. The van der Waals surface area contributed by atoms with Crippen molar-refractivity contribution >= 4 is 22.6 Å². The number of hydrogen-bond donors (Lipinski definition) is 1. The summed E-state index contributed by atoms with van der Waals surface area (Å²) in [5.74, 6) is 1.61. The van der Waals surface area contributed by atoms with Gasteiger partial charge in [0.05, 0.1) is 23.7 Å². The Bertz CT molecular complexity index is 871. The Hall–Kier alpha value is -2.04. The van der Waals surface area contributed by atoms with E-state index in [0.29, 0.717) is 18.2 Å². The van der Waals surface area contributed by atoms with Gasteiger partial charge < -0.3 is 14.4 Å². The highest BCUT2D eigenvalue weighted by molar-refractivity contribution is 6.31. The van der Waals surface area contributed by atoms with Gasteiger partial charge in [-0.05, 0) is 50.6 Å². The highest BCUT2D eigenvalue weighted by atomic mass is 35.5. The van der Waals surface area contributed by atoms with E-state index in [-0.39, 0.29) is 0 Å². The number of halogens is 1. The van der Waals surface area contributed by atoms with Crippen LogP contribution in [0.15, 0.2) is 36.4 Å². The molecule has 0 spiro atoms. The molecule has 0 aliphatic rings. The molecule has 1 N–H and O–H groups in total. The predicted molar refractivity (Wildman–Crippen MR) is 96.7 cm³/mol. The average molecular weight is 345 g/mol. The number of benzene rings is 2. The Morgan fingerprint density at radius 1 is 1.21 bits per heavy atom. The first kappa shape index (κ1) is 16.8. The lowest BCUT2D eigenvalue weighted by atomic mass is 10.1. The average Bonchev–Trinajstić information content (AvgIpc) is 2.83. The van der Waals surface area contributed by atoms with Crippen LogP contribution in [0.2, 0.25) is 5.02 Å². The van der Waals surface area contributed by atoms with Crippen LogP contribution in [0.4, 0.5) is 0 Å². The molecule has 0 radical (unpaired) electrons. The fourth-order valence-electron chi connectivity index (χ4n) is 2.83. The summed E-state index contributed by atoms with van der Waals surface area (Å²) in [6, 6.07) is 11.7. The van der Waals surface area contributed by atoms with Crippen LogP contribution in [-0.4, -0.2) is 20.8 Å². The van der Waals surface area contributed by atoms with E-state index in [1.54, 1.807) is 6.92 Å².